The molecule has 3 rings (SSSR count). The Balaban J connectivity index is 1.98. The Hall–Kier alpha value is -2.14. The number of nitrogens with one attached hydrogen (secondary N) is 1. The molecule has 1 aromatic carbocycles. The first kappa shape index (κ1) is 11.0. The van der Waals surface area contributed by atoms with Gasteiger partial charge in [-0.15, -0.1) is 11.3 Å². The van der Waals surface area contributed by atoms with Crippen molar-refractivity contribution in [2.24, 2.45) is 0 Å². The largest absolute Gasteiger partial charge is 0.383 e. The van der Waals surface area contributed by atoms with Gasteiger partial charge in [0.1, 0.15) is 18.0 Å². The van der Waals surface area contributed by atoms with Crippen molar-refractivity contribution in [2.45, 2.75) is 6.92 Å². The lowest BCUT2D eigenvalue weighted by Gasteiger charge is -2.09. The molecule has 2 aromatic heterocycles. The van der Waals surface area contributed by atoms with Crippen molar-refractivity contribution in [1.82, 2.24) is 9.97 Å². The monoisotopic (exact) mass is 256 g/mol. The van der Waals surface area contributed by atoms with Crippen LogP contribution in [0.5, 0.6) is 0 Å². The lowest BCUT2D eigenvalue weighted by atomic mass is 10.2. The van der Waals surface area contributed by atoms with Crippen molar-refractivity contribution >= 4 is 38.7 Å². The molecule has 0 radical (unpaired) electrons. The van der Waals surface area contributed by atoms with Gasteiger partial charge < -0.3 is 11.1 Å². The molecule has 0 fully saturated rings. The van der Waals surface area contributed by atoms with Gasteiger partial charge in [0, 0.05) is 16.0 Å². The van der Waals surface area contributed by atoms with Crippen LogP contribution in [0, 0.1) is 6.92 Å². The third-order valence-electron chi connectivity index (χ3n) is 2.84. The molecule has 0 amide bonds. The van der Waals surface area contributed by atoms with Crippen LogP contribution in [0.15, 0.2) is 36.0 Å². The van der Waals surface area contributed by atoms with E-state index in [-0.39, 0.29) is 0 Å². The lowest BCUT2D eigenvalue weighted by Crippen LogP contribution is -2.01. The maximum Gasteiger partial charge on any atom is 0.138 e. The number of hydrogen-bond donors (Lipinski definition) is 2. The Kier molecular flexibility index (Phi) is 2.60. The van der Waals surface area contributed by atoms with Crippen molar-refractivity contribution in [1.29, 1.82) is 0 Å². The van der Waals surface area contributed by atoms with Gasteiger partial charge >= 0.3 is 0 Å². The van der Waals surface area contributed by atoms with E-state index in [1.165, 1.54) is 16.4 Å². The minimum atomic E-state index is 0.504. The molecule has 0 aliphatic heterocycles. The summed E-state index contributed by atoms with van der Waals surface area (Å²) in [5.41, 5.74) is 7.62. The quantitative estimate of drug-likeness (QED) is 0.738. The summed E-state index contributed by atoms with van der Waals surface area (Å²) in [5, 5.41) is 6.58. The third kappa shape index (κ3) is 1.89. The number of fused-ring (bicyclic) bond motifs is 1. The molecule has 0 atom stereocenters. The van der Waals surface area contributed by atoms with Crippen LogP contribution in [-0.2, 0) is 0 Å². The molecule has 4 nitrogen and oxygen atoms in total. The normalized spacial score (nSPS) is 10.7. The van der Waals surface area contributed by atoms with E-state index < -0.39 is 0 Å². The van der Waals surface area contributed by atoms with Gasteiger partial charge in [0.05, 0.1) is 0 Å². The topological polar surface area (TPSA) is 63.8 Å². The van der Waals surface area contributed by atoms with E-state index in [4.69, 9.17) is 5.73 Å². The highest BCUT2D eigenvalue weighted by Crippen LogP contribution is 2.26. The highest BCUT2D eigenvalue weighted by atomic mass is 32.1. The second-order valence-electron chi connectivity index (χ2n) is 4.03. The zero-order chi connectivity index (χ0) is 12.5. The van der Waals surface area contributed by atoms with Crippen molar-refractivity contribution < 1.29 is 0 Å². The van der Waals surface area contributed by atoms with Crippen molar-refractivity contribution in [3.8, 4) is 0 Å². The predicted octanol–water partition coefficient (Wildman–Crippen LogP) is 3.33. The molecule has 3 aromatic rings. The van der Waals surface area contributed by atoms with Gasteiger partial charge in [-0.3, -0.25) is 0 Å². The van der Waals surface area contributed by atoms with E-state index in [9.17, 15) is 0 Å². The second-order valence-corrected chi connectivity index (χ2v) is 4.98. The number of benzene rings is 1. The van der Waals surface area contributed by atoms with Crippen molar-refractivity contribution in [3.63, 3.8) is 0 Å². The van der Waals surface area contributed by atoms with Crippen molar-refractivity contribution in [2.75, 3.05) is 11.1 Å². The van der Waals surface area contributed by atoms with Crippen molar-refractivity contribution in [3.05, 3.63) is 41.5 Å². The summed E-state index contributed by atoms with van der Waals surface area (Å²) in [5.74, 6) is 1.25. The fourth-order valence-corrected chi connectivity index (χ4v) is 2.54. The number of nitrogen functional groups attached to an aromatic ring is 1. The van der Waals surface area contributed by atoms with Crippen LogP contribution in [0.3, 0.4) is 0 Å². The third-order valence-corrected chi connectivity index (χ3v) is 3.74. The maximum absolute atomic E-state index is 5.76. The first-order chi connectivity index (χ1) is 8.74. The molecule has 5 heteroatoms. The molecule has 0 saturated heterocycles. The van der Waals surface area contributed by atoms with Crippen LogP contribution in [0.2, 0.25) is 0 Å². The summed E-state index contributed by atoms with van der Waals surface area (Å²) in [6.45, 7) is 1.90. The van der Waals surface area contributed by atoms with E-state index in [2.05, 4.69) is 38.9 Å². The van der Waals surface area contributed by atoms with Gasteiger partial charge in [-0.2, -0.15) is 0 Å². The predicted molar refractivity (Wildman–Crippen MR) is 76.3 cm³/mol. The number of aromatic nitrogens is 2. The van der Waals surface area contributed by atoms with Gasteiger partial charge in [0.25, 0.3) is 0 Å². The highest BCUT2D eigenvalue weighted by molar-refractivity contribution is 7.17. The molecule has 0 unspecified atom stereocenters. The molecule has 0 spiro atoms. The first-order valence-corrected chi connectivity index (χ1v) is 6.43. The van der Waals surface area contributed by atoms with Crippen LogP contribution < -0.4 is 11.1 Å². The maximum atomic E-state index is 5.76. The van der Waals surface area contributed by atoms with E-state index in [0.29, 0.717) is 5.82 Å². The zero-order valence-corrected chi connectivity index (χ0v) is 10.7. The molecular weight excluding hydrogens is 244 g/mol. The minimum absolute atomic E-state index is 0.504. The summed E-state index contributed by atoms with van der Waals surface area (Å²) < 4.78 is 1.28. The highest BCUT2D eigenvalue weighted by Gasteiger charge is 2.05. The molecule has 0 saturated carbocycles. The van der Waals surface area contributed by atoms with E-state index in [1.54, 1.807) is 11.3 Å². The fourth-order valence-electron chi connectivity index (χ4n) is 1.77. The molecule has 0 aliphatic rings. The molecule has 18 heavy (non-hydrogen) atoms. The Morgan fingerprint density at radius 1 is 1.22 bits per heavy atom. The summed E-state index contributed by atoms with van der Waals surface area (Å²) >= 11 is 1.73. The number of nitrogens with two attached hydrogens (primary N) is 1. The standard InChI is InChI=1S/C13H12N4S/c1-8-12(14)15-7-16-13(8)17-10-2-3-11-9(6-10)4-5-18-11/h2-7H,1H3,(H3,14,15,16,17). The Labute approximate surface area is 109 Å². The Morgan fingerprint density at radius 3 is 3.00 bits per heavy atom. The first-order valence-electron chi connectivity index (χ1n) is 5.55. The molecule has 90 valence electrons. The Morgan fingerprint density at radius 2 is 2.11 bits per heavy atom. The smallest absolute Gasteiger partial charge is 0.138 e. The van der Waals surface area contributed by atoms with Gasteiger partial charge in [-0.1, -0.05) is 0 Å². The second kappa shape index (κ2) is 4.27. The summed E-state index contributed by atoms with van der Waals surface area (Å²) in [7, 11) is 0. The van der Waals surface area contributed by atoms with Gasteiger partial charge in [0.2, 0.25) is 0 Å². The van der Waals surface area contributed by atoms with Crippen LogP contribution >= 0.6 is 11.3 Å². The molecule has 0 aliphatic carbocycles. The zero-order valence-electron chi connectivity index (χ0n) is 9.84. The number of rotatable bonds is 2. The summed E-state index contributed by atoms with van der Waals surface area (Å²) in [6.07, 6.45) is 1.47. The van der Waals surface area contributed by atoms with Gasteiger partial charge in [-0.25, -0.2) is 9.97 Å². The SMILES string of the molecule is Cc1c(N)ncnc1Nc1ccc2sccc2c1. The Bertz CT molecular complexity index is 705. The van der Waals surface area contributed by atoms with E-state index >= 15 is 0 Å². The van der Waals surface area contributed by atoms with Crippen LogP contribution in [0.4, 0.5) is 17.3 Å². The van der Waals surface area contributed by atoms with Crippen LogP contribution in [0.25, 0.3) is 10.1 Å². The van der Waals surface area contributed by atoms with Gasteiger partial charge in [-0.05, 0) is 42.0 Å². The van der Waals surface area contributed by atoms with E-state index in [1.807, 2.05) is 13.0 Å². The van der Waals surface area contributed by atoms with E-state index in [0.717, 1.165) is 17.1 Å². The summed E-state index contributed by atoms with van der Waals surface area (Å²) in [6, 6.07) is 8.34. The van der Waals surface area contributed by atoms with Gasteiger partial charge in [0.15, 0.2) is 0 Å². The molecule has 3 N–H and O–H groups in total. The molecule has 2 heterocycles. The fraction of sp³-hybridized carbons (Fsp3) is 0.0769. The van der Waals surface area contributed by atoms with Crippen LogP contribution in [-0.4, -0.2) is 9.97 Å². The lowest BCUT2D eigenvalue weighted by molar-refractivity contribution is 1.14. The number of nitrogens with zero attached hydrogens (tertiary/aromatic N) is 2. The summed E-state index contributed by atoms with van der Waals surface area (Å²) in [4.78, 5) is 8.15. The molecule has 0 bridgehead atoms. The number of hydrogen-bond acceptors (Lipinski definition) is 5. The average Bonchev–Trinajstić information content (AvgIpc) is 2.82. The minimum Gasteiger partial charge on any atom is -0.383 e. The number of anilines is 3. The average molecular weight is 256 g/mol. The number of thiophene rings is 1. The van der Waals surface area contributed by atoms with Crippen LogP contribution in [0.1, 0.15) is 5.56 Å². The molecular formula is C13H12N4S.